The van der Waals surface area contributed by atoms with E-state index in [9.17, 15) is 27.6 Å². The zero-order valence-electron chi connectivity index (χ0n) is 21.9. The molecule has 212 valence electrons. The van der Waals surface area contributed by atoms with Crippen LogP contribution in [-0.2, 0) is 15.8 Å². The molecule has 4 aliphatic rings. The lowest BCUT2D eigenvalue weighted by molar-refractivity contribution is -0.137. The summed E-state index contributed by atoms with van der Waals surface area (Å²) in [5.41, 5.74) is 1.81. The van der Waals surface area contributed by atoms with Gasteiger partial charge in [-0.05, 0) is 53.0 Å². The lowest BCUT2D eigenvalue weighted by Crippen LogP contribution is -2.42. The number of fused-ring (bicyclic) bond motifs is 9. The number of halogens is 3. The smallest absolute Gasteiger partial charge is 0.307 e. The Bertz CT molecular complexity index is 1800. The molecule has 2 aliphatic carbocycles. The van der Waals surface area contributed by atoms with Crippen LogP contribution in [-0.4, -0.2) is 22.0 Å². The van der Waals surface area contributed by atoms with E-state index in [1.165, 1.54) is 29.5 Å². The summed E-state index contributed by atoms with van der Waals surface area (Å²) >= 11 is 2.74. The first-order valence-corrected chi connectivity index (χ1v) is 15.5. The zero-order chi connectivity index (χ0) is 28.9. The van der Waals surface area contributed by atoms with Crippen LogP contribution < -0.4 is 9.77 Å². The fourth-order valence-electron chi connectivity index (χ4n) is 8.05. The number of imide groups is 1. The highest BCUT2D eigenvalue weighted by molar-refractivity contribution is 8.00. The van der Waals surface area contributed by atoms with Crippen molar-refractivity contribution in [1.82, 2.24) is 4.98 Å². The molecule has 5 nitrogen and oxygen atoms in total. The van der Waals surface area contributed by atoms with E-state index in [0.29, 0.717) is 6.42 Å². The van der Waals surface area contributed by atoms with E-state index in [1.807, 2.05) is 30.3 Å². The SMILES string of the molecule is O=C1C2C3CC(C2C(=O)N1c1ccccc1C(F)(F)F)C1C3Sc2[nH]c(=O)sc2[C@@H]1c1ccc(-c2ccccc2)cc1. The number of nitrogens with zero attached hydrogens (tertiary/aromatic N) is 1. The lowest BCUT2D eigenvalue weighted by Gasteiger charge is -2.43. The van der Waals surface area contributed by atoms with Crippen LogP contribution in [0.3, 0.4) is 0 Å². The number of benzene rings is 3. The Hall–Kier alpha value is -3.63. The minimum atomic E-state index is -4.70. The van der Waals surface area contributed by atoms with Gasteiger partial charge in [-0.3, -0.25) is 14.4 Å². The molecule has 3 aromatic carbocycles. The zero-order valence-corrected chi connectivity index (χ0v) is 23.5. The summed E-state index contributed by atoms with van der Waals surface area (Å²) in [6, 6.07) is 23.1. The number of rotatable bonds is 3. The topological polar surface area (TPSA) is 70.2 Å². The first kappa shape index (κ1) is 26.0. The average Bonchev–Trinajstić information content (AvgIpc) is 3.72. The van der Waals surface area contributed by atoms with E-state index >= 15 is 0 Å². The molecule has 2 saturated carbocycles. The first-order chi connectivity index (χ1) is 20.2. The molecule has 8 rings (SSSR count). The Morgan fingerprint density at radius 2 is 1.43 bits per heavy atom. The standard InChI is InChI=1S/C32H23F3N2O3S2/c33-32(34,35)20-8-4-5-9-21(20)37-29(38)24-18-14-19(25(24)30(37)39)26-23(18)22(27-28(41-26)36-31(40)42-27)17-12-10-16(11-13-17)15-6-2-1-3-7-15/h1-13,18-19,22-26H,14H2,(H,36,40)/t18?,19?,22-,23?,24?,25?,26?/m1/s1. The lowest BCUT2D eigenvalue weighted by atomic mass is 9.68. The number of anilines is 1. The van der Waals surface area contributed by atoms with Crippen molar-refractivity contribution >= 4 is 40.6 Å². The molecule has 0 spiro atoms. The predicted octanol–water partition coefficient (Wildman–Crippen LogP) is 6.80. The molecule has 2 amide bonds. The quantitative estimate of drug-likeness (QED) is 0.261. The van der Waals surface area contributed by atoms with E-state index < -0.39 is 35.4 Å². The minimum absolute atomic E-state index is 0.0302. The van der Waals surface area contributed by atoms with Crippen molar-refractivity contribution in [2.45, 2.75) is 28.8 Å². The maximum atomic E-state index is 13.9. The van der Waals surface area contributed by atoms with Gasteiger partial charge in [0.1, 0.15) is 0 Å². The molecule has 1 saturated heterocycles. The Kier molecular flexibility index (Phi) is 5.69. The first-order valence-electron chi connectivity index (χ1n) is 13.8. The van der Waals surface area contributed by atoms with Crippen LogP contribution in [0.4, 0.5) is 18.9 Å². The molecule has 1 aromatic heterocycles. The average molecular weight is 605 g/mol. The number of hydrogen-bond acceptors (Lipinski definition) is 5. The van der Waals surface area contributed by atoms with Crippen LogP contribution in [0.25, 0.3) is 11.1 Å². The number of para-hydroxylation sites is 1. The molecule has 3 fully saturated rings. The van der Waals surface area contributed by atoms with Crippen molar-refractivity contribution in [2.75, 3.05) is 4.90 Å². The van der Waals surface area contributed by atoms with Crippen molar-refractivity contribution in [1.29, 1.82) is 0 Å². The van der Waals surface area contributed by atoms with Gasteiger partial charge in [-0.1, -0.05) is 78.1 Å². The number of alkyl halides is 3. The Morgan fingerprint density at radius 3 is 2.14 bits per heavy atom. The molecule has 10 heteroatoms. The number of aromatic nitrogens is 1. The summed E-state index contributed by atoms with van der Waals surface area (Å²) in [6.07, 6.45) is -4.03. The monoisotopic (exact) mass is 604 g/mol. The van der Waals surface area contributed by atoms with E-state index in [2.05, 4.69) is 29.2 Å². The van der Waals surface area contributed by atoms with Crippen molar-refractivity contribution < 1.29 is 22.8 Å². The molecule has 42 heavy (non-hydrogen) atoms. The van der Waals surface area contributed by atoms with Gasteiger partial charge in [-0.2, -0.15) is 13.2 Å². The van der Waals surface area contributed by atoms with Gasteiger partial charge in [-0.25, -0.2) is 4.90 Å². The van der Waals surface area contributed by atoms with E-state index in [4.69, 9.17) is 0 Å². The molecular formula is C32H23F3N2O3S2. The number of thiazole rings is 1. The molecule has 4 aromatic rings. The molecule has 2 bridgehead atoms. The number of aromatic amines is 1. The van der Waals surface area contributed by atoms with Gasteiger partial charge in [0.05, 0.1) is 28.1 Å². The number of nitrogens with one attached hydrogen (secondary N) is 1. The molecule has 6 unspecified atom stereocenters. The summed E-state index contributed by atoms with van der Waals surface area (Å²) in [4.78, 5) is 44.8. The highest BCUT2D eigenvalue weighted by Crippen LogP contribution is 2.68. The van der Waals surface area contributed by atoms with Crippen LogP contribution in [0.15, 0.2) is 88.7 Å². The van der Waals surface area contributed by atoms with Gasteiger partial charge in [0.15, 0.2) is 0 Å². The molecule has 7 atom stereocenters. The second-order valence-electron chi connectivity index (χ2n) is 11.5. The summed E-state index contributed by atoms with van der Waals surface area (Å²) in [6.45, 7) is 0. The summed E-state index contributed by atoms with van der Waals surface area (Å²) in [5.74, 6) is -2.95. The maximum Gasteiger partial charge on any atom is 0.418 e. The number of amides is 2. The van der Waals surface area contributed by atoms with Gasteiger partial charge in [-0.15, -0.1) is 11.8 Å². The third-order valence-electron chi connectivity index (χ3n) is 9.55. The molecule has 3 heterocycles. The fraction of sp³-hybridized carbons (Fsp3) is 0.281. The van der Waals surface area contributed by atoms with Gasteiger partial charge in [0, 0.05) is 16.0 Å². The van der Waals surface area contributed by atoms with Crippen molar-refractivity contribution in [2.24, 2.45) is 29.6 Å². The molecule has 1 N–H and O–H groups in total. The second-order valence-corrected chi connectivity index (χ2v) is 13.7. The number of H-pyrrole nitrogens is 1. The third-order valence-corrected chi connectivity index (χ3v) is 12.1. The Morgan fingerprint density at radius 1 is 0.786 bits per heavy atom. The largest absolute Gasteiger partial charge is 0.418 e. The second kappa shape index (κ2) is 9.18. The number of thioether (sulfide) groups is 1. The molecule has 2 aliphatic heterocycles. The Balaban J connectivity index is 1.20. The maximum absolute atomic E-state index is 13.9. The number of carbonyl (C=O) groups excluding carboxylic acids is 2. The van der Waals surface area contributed by atoms with Gasteiger partial charge >= 0.3 is 11.0 Å². The molecule has 0 radical (unpaired) electrons. The fourth-order valence-corrected chi connectivity index (χ4v) is 10.9. The van der Waals surface area contributed by atoms with Crippen molar-refractivity contribution in [3.05, 3.63) is 105 Å². The number of carbonyl (C=O) groups is 2. The van der Waals surface area contributed by atoms with Crippen LogP contribution in [0.1, 0.15) is 28.3 Å². The van der Waals surface area contributed by atoms with Crippen molar-refractivity contribution in [3.63, 3.8) is 0 Å². The summed E-state index contributed by atoms with van der Waals surface area (Å²) in [5, 5.41) is 0.755. The van der Waals surface area contributed by atoms with Crippen LogP contribution >= 0.6 is 23.1 Å². The highest BCUT2D eigenvalue weighted by Gasteiger charge is 2.70. The third kappa shape index (κ3) is 3.67. The van der Waals surface area contributed by atoms with Gasteiger partial charge in [0.25, 0.3) is 0 Å². The normalized spacial score (nSPS) is 29.5. The van der Waals surface area contributed by atoms with Crippen molar-refractivity contribution in [3.8, 4) is 11.1 Å². The minimum Gasteiger partial charge on any atom is -0.307 e. The van der Waals surface area contributed by atoms with E-state index in [-0.39, 0.29) is 39.5 Å². The summed E-state index contributed by atoms with van der Waals surface area (Å²) in [7, 11) is 0. The highest BCUT2D eigenvalue weighted by atomic mass is 32.2. The molecular weight excluding hydrogens is 581 g/mol. The van der Waals surface area contributed by atoms with Gasteiger partial charge in [0.2, 0.25) is 11.8 Å². The summed E-state index contributed by atoms with van der Waals surface area (Å²) < 4.78 is 41.7. The van der Waals surface area contributed by atoms with Gasteiger partial charge < -0.3 is 4.98 Å². The van der Waals surface area contributed by atoms with Crippen LogP contribution in [0.5, 0.6) is 0 Å². The van der Waals surface area contributed by atoms with Crippen LogP contribution in [0.2, 0.25) is 0 Å². The van der Waals surface area contributed by atoms with E-state index in [0.717, 1.165) is 37.6 Å². The van der Waals surface area contributed by atoms with Crippen LogP contribution in [0, 0.1) is 29.6 Å². The Labute approximate surface area is 246 Å². The predicted molar refractivity (Wildman–Crippen MR) is 154 cm³/mol. The number of hydrogen-bond donors (Lipinski definition) is 1. The van der Waals surface area contributed by atoms with E-state index in [1.54, 1.807) is 11.8 Å².